The number of benzene rings is 3. The maximum absolute atomic E-state index is 14.9. The van der Waals surface area contributed by atoms with Crippen LogP contribution in [0.15, 0.2) is 78.9 Å². The van der Waals surface area contributed by atoms with Crippen molar-refractivity contribution in [3.8, 4) is 11.3 Å². The predicted octanol–water partition coefficient (Wildman–Crippen LogP) is 5.27. The Kier molecular flexibility index (Phi) is 5.81. The number of fused-ring (bicyclic) bond motifs is 1. The number of pyridine rings is 1. The number of ether oxygens (including phenoxy) is 1. The average molecular weight is 429 g/mol. The van der Waals surface area contributed by atoms with Crippen LogP contribution in [0, 0.1) is 12.7 Å². The zero-order valence-corrected chi connectivity index (χ0v) is 17.5. The van der Waals surface area contributed by atoms with E-state index in [-0.39, 0.29) is 10.9 Å². The van der Waals surface area contributed by atoms with Crippen molar-refractivity contribution in [3.05, 3.63) is 95.8 Å². The van der Waals surface area contributed by atoms with Crippen LogP contribution < -0.4 is 10.4 Å². The van der Waals surface area contributed by atoms with Gasteiger partial charge in [-0.15, -0.1) is 0 Å². The monoisotopic (exact) mass is 429 g/mol. The number of aromatic nitrogens is 1. The Bertz CT molecular complexity index is 1290. The Hall–Kier alpha value is -4.26. The van der Waals surface area contributed by atoms with E-state index in [1.54, 1.807) is 49.4 Å². The lowest BCUT2D eigenvalue weighted by Gasteiger charge is -2.23. The van der Waals surface area contributed by atoms with Crippen LogP contribution in [0.1, 0.15) is 15.9 Å². The first-order valence-electron chi connectivity index (χ1n) is 9.89. The average Bonchev–Trinajstić information content (AvgIpc) is 2.83. The minimum absolute atomic E-state index is 0.0834. The maximum Gasteiger partial charge on any atom is 0.433 e. The van der Waals surface area contributed by atoms with E-state index in [1.807, 2.05) is 30.3 Å². The molecule has 0 spiro atoms. The third kappa shape index (κ3) is 3.88. The highest BCUT2D eigenvalue weighted by Gasteiger charge is 2.25. The number of halogens is 1. The van der Waals surface area contributed by atoms with Crippen LogP contribution >= 0.6 is 0 Å². The Morgan fingerprint density at radius 2 is 1.59 bits per heavy atom. The Balaban J connectivity index is 1.88. The van der Waals surface area contributed by atoms with Crippen LogP contribution in [-0.4, -0.2) is 24.1 Å². The molecule has 0 saturated carbocycles. The van der Waals surface area contributed by atoms with Crippen molar-refractivity contribution in [2.45, 2.75) is 6.92 Å². The zero-order chi connectivity index (χ0) is 22.7. The van der Waals surface area contributed by atoms with Gasteiger partial charge in [0.2, 0.25) is 0 Å². The van der Waals surface area contributed by atoms with Gasteiger partial charge in [-0.25, -0.2) is 14.2 Å². The first-order chi connectivity index (χ1) is 15.5. The highest BCUT2D eigenvalue weighted by atomic mass is 19.1. The number of para-hydroxylation sites is 1. The van der Waals surface area contributed by atoms with Gasteiger partial charge in [-0.2, -0.15) is 5.01 Å². The normalized spacial score (nSPS) is 10.6. The summed E-state index contributed by atoms with van der Waals surface area (Å²) in [5.74, 6) is -1.24. The predicted molar refractivity (Wildman–Crippen MR) is 121 cm³/mol. The molecule has 0 atom stereocenters. The molecular formula is C25H20FN3O3. The molecule has 0 bridgehead atoms. The molecule has 3 aromatic carbocycles. The van der Waals surface area contributed by atoms with E-state index in [2.05, 4.69) is 10.4 Å². The molecule has 4 aromatic rings. The van der Waals surface area contributed by atoms with Gasteiger partial charge in [-0.3, -0.25) is 10.2 Å². The van der Waals surface area contributed by atoms with Crippen molar-refractivity contribution < 1.29 is 18.7 Å². The first kappa shape index (κ1) is 21.0. The second-order valence-corrected chi connectivity index (χ2v) is 7.04. The SMILES string of the molecule is COC(=O)N(NC(=O)c1c(C)c(-c2ccccc2)nc2cccc(F)c12)c1ccccc1. The van der Waals surface area contributed by atoms with Gasteiger partial charge in [0.25, 0.3) is 5.91 Å². The molecule has 0 aliphatic rings. The molecule has 1 aromatic heterocycles. The lowest BCUT2D eigenvalue weighted by atomic mass is 9.97. The molecule has 0 aliphatic carbocycles. The second-order valence-electron chi connectivity index (χ2n) is 7.04. The van der Waals surface area contributed by atoms with E-state index in [0.29, 0.717) is 22.5 Å². The molecule has 1 heterocycles. The number of anilines is 1. The zero-order valence-electron chi connectivity index (χ0n) is 17.5. The van der Waals surface area contributed by atoms with Crippen LogP contribution in [0.2, 0.25) is 0 Å². The van der Waals surface area contributed by atoms with Gasteiger partial charge in [-0.05, 0) is 36.8 Å². The van der Waals surface area contributed by atoms with E-state index >= 15 is 0 Å². The number of hydrogen-bond donors (Lipinski definition) is 1. The molecule has 160 valence electrons. The summed E-state index contributed by atoms with van der Waals surface area (Å²) in [5, 5.41) is 1.07. The molecule has 7 heteroatoms. The summed E-state index contributed by atoms with van der Waals surface area (Å²) >= 11 is 0. The molecule has 2 amide bonds. The Morgan fingerprint density at radius 1 is 0.938 bits per heavy atom. The molecule has 0 saturated heterocycles. The Morgan fingerprint density at radius 3 is 2.25 bits per heavy atom. The fourth-order valence-corrected chi connectivity index (χ4v) is 3.57. The quantitative estimate of drug-likeness (QED) is 0.451. The van der Waals surface area contributed by atoms with Crippen molar-refractivity contribution in [2.24, 2.45) is 0 Å². The molecule has 0 aliphatic heterocycles. The summed E-state index contributed by atoms with van der Waals surface area (Å²) in [6.45, 7) is 1.71. The van der Waals surface area contributed by atoms with E-state index in [4.69, 9.17) is 4.74 Å². The minimum atomic E-state index is -0.788. The third-order valence-corrected chi connectivity index (χ3v) is 5.06. The summed E-state index contributed by atoms with van der Waals surface area (Å²) in [6.07, 6.45) is -0.788. The Labute approximate surface area is 184 Å². The topological polar surface area (TPSA) is 71.5 Å². The fraction of sp³-hybridized carbons (Fsp3) is 0.0800. The number of methoxy groups -OCH3 is 1. The first-order valence-corrected chi connectivity index (χ1v) is 9.89. The van der Waals surface area contributed by atoms with Gasteiger partial charge in [0, 0.05) is 10.9 Å². The standard InChI is InChI=1S/C25H20FN3O3/c1-16-21(24(30)28-29(25(31)32-2)18-12-7-4-8-13-18)22-19(26)14-9-15-20(22)27-23(16)17-10-5-3-6-11-17/h3-15H,1-2H3,(H,28,30). The highest BCUT2D eigenvalue weighted by molar-refractivity contribution is 6.10. The molecule has 32 heavy (non-hydrogen) atoms. The van der Waals surface area contributed by atoms with E-state index in [0.717, 1.165) is 10.6 Å². The van der Waals surface area contributed by atoms with E-state index in [9.17, 15) is 14.0 Å². The number of hydrazine groups is 1. The number of nitrogens with zero attached hydrogens (tertiary/aromatic N) is 2. The van der Waals surface area contributed by atoms with Gasteiger partial charge >= 0.3 is 6.09 Å². The summed E-state index contributed by atoms with van der Waals surface area (Å²) < 4.78 is 19.7. The van der Waals surface area contributed by atoms with Gasteiger partial charge in [0.05, 0.1) is 29.6 Å². The van der Waals surface area contributed by atoms with Crippen molar-refractivity contribution >= 4 is 28.6 Å². The fourth-order valence-electron chi connectivity index (χ4n) is 3.57. The highest BCUT2D eigenvalue weighted by Crippen LogP contribution is 2.31. The van der Waals surface area contributed by atoms with Crippen molar-refractivity contribution in [1.82, 2.24) is 10.4 Å². The smallest absolute Gasteiger partial charge is 0.433 e. The van der Waals surface area contributed by atoms with Crippen LogP contribution in [0.4, 0.5) is 14.9 Å². The number of carbonyl (C=O) groups excluding carboxylic acids is 2. The lowest BCUT2D eigenvalue weighted by Crippen LogP contribution is -2.46. The minimum Gasteiger partial charge on any atom is -0.451 e. The van der Waals surface area contributed by atoms with Gasteiger partial charge in [-0.1, -0.05) is 54.6 Å². The summed E-state index contributed by atoms with van der Waals surface area (Å²) in [6, 6.07) is 22.3. The molecular weight excluding hydrogens is 409 g/mol. The van der Waals surface area contributed by atoms with Gasteiger partial charge in [0.1, 0.15) is 5.82 Å². The number of amides is 2. The molecule has 6 nitrogen and oxygen atoms in total. The number of rotatable bonds is 3. The van der Waals surface area contributed by atoms with Crippen LogP contribution in [0.5, 0.6) is 0 Å². The maximum atomic E-state index is 14.9. The van der Waals surface area contributed by atoms with E-state index in [1.165, 1.54) is 13.2 Å². The van der Waals surface area contributed by atoms with E-state index < -0.39 is 17.8 Å². The molecule has 1 N–H and O–H groups in total. The number of carbonyl (C=O) groups is 2. The molecule has 4 rings (SSSR count). The van der Waals surface area contributed by atoms with Gasteiger partial charge < -0.3 is 4.74 Å². The molecule has 0 radical (unpaired) electrons. The molecule has 0 fully saturated rings. The van der Waals surface area contributed by atoms with Gasteiger partial charge in [0.15, 0.2) is 0 Å². The van der Waals surface area contributed by atoms with Crippen LogP contribution in [-0.2, 0) is 4.74 Å². The van der Waals surface area contributed by atoms with Crippen LogP contribution in [0.3, 0.4) is 0 Å². The number of nitrogens with one attached hydrogen (secondary N) is 1. The summed E-state index contributed by atoms with van der Waals surface area (Å²) in [5.41, 5.74) is 5.23. The number of hydrogen-bond acceptors (Lipinski definition) is 4. The van der Waals surface area contributed by atoms with Crippen molar-refractivity contribution in [3.63, 3.8) is 0 Å². The second kappa shape index (κ2) is 8.85. The summed E-state index contributed by atoms with van der Waals surface area (Å²) in [7, 11) is 1.21. The van der Waals surface area contributed by atoms with Crippen LogP contribution in [0.25, 0.3) is 22.2 Å². The lowest BCUT2D eigenvalue weighted by molar-refractivity contribution is 0.0941. The van der Waals surface area contributed by atoms with Crippen molar-refractivity contribution in [1.29, 1.82) is 0 Å². The largest absolute Gasteiger partial charge is 0.451 e. The third-order valence-electron chi connectivity index (χ3n) is 5.06. The van der Waals surface area contributed by atoms with Crippen molar-refractivity contribution in [2.75, 3.05) is 12.1 Å². The molecule has 0 unspecified atom stereocenters. The summed E-state index contributed by atoms with van der Waals surface area (Å²) in [4.78, 5) is 30.5.